The molecule has 0 aromatic carbocycles. The molecule has 0 radical (unpaired) electrons. The van der Waals surface area contributed by atoms with Crippen molar-refractivity contribution >= 4 is 23.1 Å². The number of nitrogens with one attached hydrogen (secondary N) is 1. The van der Waals surface area contributed by atoms with Gasteiger partial charge in [0.2, 0.25) is 0 Å². The van der Waals surface area contributed by atoms with Gasteiger partial charge in [0, 0.05) is 11.4 Å². The first-order valence-corrected chi connectivity index (χ1v) is 11.4. The number of hydrogen-bond acceptors (Lipinski definition) is 2. The molecule has 3 heteroatoms. The number of aromatic nitrogens is 1. The Morgan fingerprint density at radius 3 is 2.44 bits per heavy atom. The summed E-state index contributed by atoms with van der Waals surface area (Å²) in [5, 5.41) is 2.11. The quantitative estimate of drug-likeness (QED) is 0.361. The maximum atomic E-state index is 4.77. The second kappa shape index (κ2) is 11.1. The molecule has 2 aromatic rings. The average Bonchev–Trinajstić information content (AvgIpc) is 3.42. The van der Waals surface area contributed by atoms with Crippen molar-refractivity contribution < 1.29 is 0 Å². The molecule has 3 heterocycles. The van der Waals surface area contributed by atoms with Gasteiger partial charge in [-0.1, -0.05) is 64.4 Å². The summed E-state index contributed by atoms with van der Waals surface area (Å²) < 4.78 is 0. The van der Waals surface area contributed by atoms with E-state index in [1.54, 1.807) is 11.3 Å². The van der Waals surface area contributed by atoms with Crippen LogP contribution < -0.4 is 0 Å². The van der Waals surface area contributed by atoms with Crippen LogP contribution in [0.1, 0.15) is 76.8 Å². The van der Waals surface area contributed by atoms with Gasteiger partial charge in [-0.2, -0.15) is 0 Å². The van der Waals surface area contributed by atoms with Crippen molar-refractivity contribution in [3.63, 3.8) is 0 Å². The standard InChI is InChI=1S/C24H32N2S/c1-2-3-4-5-6-7-8-9-10-12-20-14-15-21(25-20)19-22-16-17-23(26-22)24-13-11-18-27-24/h11,13-19,26H,2-10,12H2,1H3/b21-19+. The molecule has 0 unspecified atom stereocenters. The number of hydrogen-bond donors (Lipinski definition) is 1. The number of allylic oxidation sites excluding steroid dienone is 2. The van der Waals surface area contributed by atoms with Crippen LogP contribution in [0.2, 0.25) is 0 Å². The molecule has 0 saturated heterocycles. The Labute approximate surface area is 168 Å². The summed E-state index contributed by atoms with van der Waals surface area (Å²) in [5.41, 5.74) is 4.58. The molecule has 0 fully saturated rings. The molecule has 0 atom stereocenters. The Morgan fingerprint density at radius 1 is 0.926 bits per heavy atom. The Balaban J connectivity index is 1.36. The van der Waals surface area contributed by atoms with Crippen LogP contribution in [-0.2, 0) is 0 Å². The molecule has 2 nitrogen and oxygen atoms in total. The monoisotopic (exact) mass is 380 g/mol. The van der Waals surface area contributed by atoms with Crippen LogP contribution in [0.4, 0.5) is 0 Å². The number of nitrogens with zero attached hydrogens (tertiary/aromatic N) is 1. The van der Waals surface area contributed by atoms with E-state index in [4.69, 9.17) is 4.99 Å². The zero-order valence-electron chi connectivity index (χ0n) is 16.5. The van der Waals surface area contributed by atoms with Crippen molar-refractivity contribution in [3.8, 4) is 10.6 Å². The molecular formula is C24H32N2S. The zero-order chi connectivity index (χ0) is 18.7. The van der Waals surface area contributed by atoms with Gasteiger partial charge >= 0.3 is 0 Å². The topological polar surface area (TPSA) is 28.1 Å². The minimum atomic E-state index is 1.06. The summed E-state index contributed by atoms with van der Waals surface area (Å²) in [6, 6.07) is 8.50. The van der Waals surface area contributed by atoms with E-state index >= 15 is 0 Å². The third-order valence-corrected chi connectivity index (χ3v) is 5.96. The maximum Gasteiger partial charge on any atom is 0.0654 e. The highest BCUT2D eigenvalue weighted by molar-refractivity contribution is 7.13. The lowest BCUT2D eigenvalue weighted by Crippen LogP contribution is -1.90. The van der Waals surface area contributed by atoms with Gasteiger partial charge in [-0.3, -0.25) is 4.99 Å². The van der Waals surface area contributed by atoms with Gasteiger partial charge in [-0.05, 0) is 54.6 Å². The van der Waals surface area contributed by atoms with Gasteiger partial charge in [-0.25, -0.2) is 0 Å². The lowest BCUT2D eigenvalue weighted by molar-refractivity contribution is 0.568. The molecule has 1 aliphatic heterocycles. The van der Waals surface area contributed by atoms with E-state index in [-0.39, 0.29) is 0 Å². The third kappa shape index (κ3) is 6.66. The highest BCUT2D eigenvalue weighted by atomic mass is 32.1. The van der Waals surface area contributed by atoms with Gasteiger partial charge in [0.25, 0.3) is 0 Å². The van der Waals surface area contributed by atoms with Crippen molar-refractivity contribution in [2.75, 3.05) is 0 Å². The number of aromatic amines is 1. The Kier molecular flexibility index (Phi) is 8.16. The van der Waals surface area contributed by atoms with E-state index in [9.17, 15) is 0 Å². The first-order valence-electron chi connectivity index (χ1n) is 10.6. The van der Waals surface area contributed by atoms with Crippen LogP contribution in [0.15, 0.2) is 52.5 Å². The van der Waals surface area contributed by atoms with Crippen LogP contribution >= 0.6 is 11.3 Å². The molecule has 0 spiro atoms. The summed E-state index contributed by atoms with van der Waals surface area (Å²) in [6.45, 7) is 2.28. The maximum absolute atomic E-state index is 4.77. The molecule has 0 saturated carbocycles. The fraction of sp³-hybridized carbons (Fsp3) is 0.458. The van der Waals surface area contributed by atoms with Gasteiger partial charge in [-0.15, -0.1) is 11.3 Å². The van der Waals surface area contributed by atoms with Gasteiger partial charge in [0.15, 0.2) is 0 Å². The van der Waals surface area contributed by atoms with Crippen molar-refractivity contribution in [2.24, 2.45) is 4.99 Å². The first kappa shape index (κ1) is 19.9. The molecule has 2 aromatic heterocycles. The Hall–Kier alpha value is -1.87. The molecular weight excluding hydrogens is 348 g/mol. The summed E-state index contributed by atoms with van der Waals surface area (Å²) in [5.74, 6) is 0. The molecule has 1 aliphatic rings. The molecule has 0 aliphatic carbocycles. The van der Waals surface area contributed by atoms with E-state index in [0.29, 0.717) is 0 Å². The highest BCUT2D eigenvalue weighted by Crippen LogP contribution is 2.25. The number of H-pyrrole nitrogens is 1. The van der Waals surface area contributed by atoms with Crippen LogP contribution in [0.5, 0.6) is 0 Å². The fourth-order valence-corrected chi connectivity index (χ4v) is 4.20. The molecule has 144 valence electrons. The normalized spacial score (nSPS) is 15.0. The SMILES string of the molecule is CCCCCCCCCCCC1=N/C(=C/c2ccc(-c3cccs3)[nH]2)C=C1. The zero-order valence-corrected chi connectivity index (χ0v) is 17.4. The smallest absolute Gasteiger partial charge is 0.0654 e. The average molecular weight is 381 g/mol. The molecule has 27 heavy (non-hydrogen) atoms. The number of thiophene rings is 1. The van der Waals surface area contributed by atoms with Gasteiger partial charge in [0.1, 0.15) is 0 Å². The van der Waals surface area contributed by atoms with Crippen molar-refractivity contribution in [2.45, 2.75) is 71.1 Å². The summed E-state index contributed by atoms with van der Waals surface area (Å²) in [7, 11) is 0. The lowest BCUT2D eigenvalue weighted by atomic mass is 10.1. The van der Waals surface area contributed by atoms with Crippen molar-refractivity contribution in [3.05, 3.63) is 53.2 Å². The Bertz CT molecular complexity index is 762. The number of rotatable bonds is 12. The summed E-state index contributed by atoms with van der Waals surface area (Å²) in [6.07, 6.45) is 19.9. The minimum Gasteiger partial charge on any atom is -0.354 e. The number of aliphatic imine (C=N–C) groups is 1. The minimum absolute atomic E-state index is 1.06. The highest BCUT2D eigenvalue weighted by Gasteiger charge is 2.06. The van der Waals surface area contributed by atoms with E-state index in [0.717, 1.165) is 17.8 Å². The lowest BCUT2D eigenvalue weighted by Gasteiger charge is -2.01. The van der Waals surface area contributed by atoms with Crippen molar-refractivity contribution in [1.82, 2.24) is 4.98 Å². The van der Waals surface area contributed by atoms with Crippen molar-refractivity contribution in [1.29, 1.82) is 0 Å². The van der Waals surface area contributed by atoms with Gasteiger partial charge < -0.3 is 4.98 Å². The van der Waals surface area contributed by atoms with Gasteiger partial charge in [0.05, 0.1) is 16.3 Å². The second-order valence-electron chi connectivity index (χ2n) is 7.39. The van der Waals surface area contributed by atoms with Crippen LogP contribution in [0, 0.1) is 0 Å². The fourth-order valence-electron chi connectivity index (χ4n) is 3.49. The van der Waals surface area contributed by atoms with E-state index in [1.807, 2.05) is 0 Å². The third-order valence-electron chi connectivity index (χ3n) is 5.05. The van der Waals surface area contributed by atoms with Crippen LogP contribution in [0.25, 0.3) is 16.6 Å². The molecule has 1 N–H and O–H groups in total. The first-order chi connectivity index (χ1) is 13.3. The van der Waals surface area contributed by atoms with Crippen LogP contribution in [-0.4, -0.2) is 10.7 Å². The largest absolute Gasteiger partial charge is 0.354 e. The second-order valence-corrected chi connectivity index (χ2v) is 8.34. The molecule has 0 amide bonds. The predicted octanol–water partition coefficient (Wildman–Crippen LogP) is 8.02. The van der Waals surface area contributed by atoms with E-state index in [1.165, 1.54) is 74.1 Å². The van der Waals surface area contributed by atoms with Crippen LogP contribution in [0.3, 0.4) is 0 Å². The molecule has 3 rings (SSSR count). The van der Waals surface area contributed by atoms with E-state index in [2.05, 4.69) is 59.8 Å². The number of unbranched alkanes of at least 4 members (excludes halogenated alkanes) is 8. The molecule has 0 bridgehead atoms. The predicted molar refractivity (Wildman–Crippen MR) is 121 cm³/mol. The van der Waals surface area contributed by atoms with E-state index < -0.39 is 0 Å². The summed E-state index contributed by atoms with van der Waals surface area (Å²) >= 11 is 1.76. The Morgan fingerprint density at radius 2 is 1.70 bits per heavy atom. The summed E-state index contributed by atoms with van der Waals surface area (Å²) in [4.78, 5) is 9.52.